The van der Waals surface area contributed by atoms with Crippen LogP contribution in [0.2, 0.25) is 5.02 Å². The van der Waals surface area contributed by atoms with Gasteiger partial charge in [0.1, 0.15) is 5.82 Å². The van der Waals surface area contributed by atoms with Crippen molar-refractivity contribution in [2.75, 3.05) is 0 Å². The molecule has 0 aliphatic rings. The molecule has 1 N–H and O–H groups in total. The van der Waals surface area contributed by atoms with Gasteiger partial charge >= 0.3 is 0 Å². The normalized spacial score (nSPS) is 10.1. The second-order valence-corrected chi connectivity index (χ2v) is 4.68. The van der Waals surface area contributed by atoms with Crippen molar-refractivity contribution in [2.45, 2.75) is 17.1 Å². The number of aromatic amines is 1. The van der Waals surface area contributed by atoms with Gasteiger partial charge in [0.15, 0.2) is 5.82 Å². The fourth-order valence-corrected chi connectivity index (χ4v) is 2.36. The molecule has 0 bridgehead atoms. The van der Waals surface area contributed by atoms with E-state index in [4.69, 9.17) is 16.9 Å². The predicted octanol–water partition coefficient (Wildman–Crippen LogP) is 2.82. The van der Waals surface area contributed by atoms with Gasteiger partial charge in [0.05, 0.1) is 23.3 Å². The Morgan fingerprint density at radius 2 is 2.24 bits per heavy atom. The number of nitrogens with one attached hydrogen (secondary N) is 1. The van der Waals surface area contributed by atoms with Gasteiger partial charge in [-0.1, -0.05) is 23.7 Å². The number of hydrogen-bond donors (Lipinski definition) is 1. The van der Waals surface area contributed by atoms with Crippen LogP contribution >= 0.6 is 23.4 Å². The van der Waals surface area contributed by atoms with Crippen molar-refractivity contribution < 1.29 is 0 Å². The first-order valence-corrected chi connectivity index (χ1v) is 6.30. The van der Waals surface area contributed by atoms with E-state index in [1.165, 1.54) is 0 Å². The molecule has 2 aromatic rings. The standard InChI is InChI=1S/C11H9ClN4S/c12-8-3-1-2-4-9(8)17-7-11-14-10(5-6-13)15-16-11/h1-4H,5,7H2,(H,14,15,16). The minimum atomic E-state index is 0.229. The fraction of sp³-hybridized carbons (Fsp3) is 0.182. The molecule has 0 unspecified atom stereocenters. The van der Waals surface area contributed by atoms with Crippen molar-refractivity contribution in [3.8, 4) is 6.07 Å². The molecule has 86 valence electrons. The van der Waals surface area contributed by atoms with Crippen LogP contribution in [0.15, 0.2) is 29.2 Å². The fourth-order valence-electron chi connectivity index (χ4n) is 1.26. The van der Waals surface area contributed by atoms with Gasteiger partial charge < -0.3 is 0 Å². The van der Waals surface area contributed by atoms with Crippen molar-refractivity contribution in [3.05, 3.63) is 40.9 Å². The Labute approximate surface area is 108 Å². The van der Waals surface area contributed by atoms with Crippen LogP contribution in [0.5, 0.6) is 0 Å². The Balaban J connectivity index is 1.98. The third-order valence-electron chi connectivity index (χ3n) is 2.02. The summed E-state index contributed by atoms with van der Waals surface area (Å²) in [6.07, 6.45) is 0.229. The highest BCUT2D eigenvalue weighted by Crippen LogP contribution is 2.28. The predicted molar refractivity (Wildman–Crippen MR) is 66.7 cm³/mol. The molecule has 0 spiro atoms. The molecule has 17 heavy (non-hydrogen) atoms. The van der Waals surface area contributed by atoms with Crippen LogP contribution in [0.3, 0.4) is 0 Å². The van der Waals surface area contributed by atoms with Crippen LogP contribution in [0.25, 0.3) is 0 Å². The highest BCUT2D eigenvalue weighted by molar-refractivity contribution is 7.98. The van der Waals surface area contributed by atoms with Gasteiger partial charge in [-0.25, -0.2) is 4.98 Å². The number of hydrogen-bond acceptors (Lipinski definition) is 4. The average Bonchev–Trinajstić information content (AvgIpc) is 2.76. The Bertz CT molecular complexity index is 546. The molecule has 0 saturated heterocycles. The summed E-state index contributed by atoms with van der Waals surface area (Å²) < 4.78 is 0. The highest BCUT2D eigenvalue weighted by atomic mass is 35.5. The Morgan fingerprint density at radius 1 is 1.41 bits per heavy atom. The lowest BCUT2D eigenvalue weighted by Gasteiger charge is -2.00. The lowest BCUT2D eigenvalue weighted by molar-refractivity contribution is 0.986. The van der Waals surface area contributed by atoms with E-state index in [0.717, 1.165) is 15.7 Å². The van der Waals surface area contributed by atoms with Gasteiger partial charge in [0, 0.05) is 4.90 Å². The molecule has 0 atom stereocenters. The van der Waals surface area contributed by atoms with Crippen molar-refractivity contribution in [1.29, 1.82) is 5.26 Å². The maximum atomic E-state index is 8.51. The summed E-state index contributed by atoms with van der Waals surface area (Å²) in [5.41, 5.74) is 0. The van der Waals surface area contributed by atoms with Gasteiger partial charge in [-0.3, -0.25) is 5.10 Å². The minimum absolute atomic E-state index is 0.229. The third kappa shape index (κ3) is 3.22. The summed E-state index contributed by atoms with van der Waals surface area (Å²) in [6.45, 7) is 0. The minimum Gasteiger partial charge on any atom is -0.262 e. The van der Waals surface area contributed by atoms with E-state index in [0.29, 0.717) is 11.6 Å². The second-order valence-electron chi connectivity index (χ2n) is 3.25. The van der Waals surface area contributed by atoms with Gasteiger partial charge in [0.25, 0.3) is 0 Å². The van der Waals surface area contributed by atoms with E-state index >= 15 is 0 Å². The number of nitrogens with zero attached hydrogens (tertiary/aromatic N) is 3. The quantitative estimate of drug-likeness (QED) is 0.863. The molecule has 4 nitrogen and oxygen atoms in total. The van der Waals surface area contributed by atoms with E-state index in [1.54, 1.807) is 11.8 Å². The first-order chi connectivity index (χ1) is 8.29. The van der Waals surface area contributed by atoms with E-state index in [1.807, 2.05) is 30.3 Å². The third-order valence-corrected chi connectivity index (χ3v) is 3.54. The molecule has 0 fully saturated rings. The molecule has 6 heteroatoms. The number of aromatic nitrogens is 3. The monoisotopic (exact) mass is 264 g/mol. The summed E-state index contributed by atoms with van der Waals surface area (Å²) >= 11 is 7.62. The SMILES string of the molecule is N#CCc1n[nH]c(CSc2ccccc2Cl)n1. The molecule has 0 radical (unpaired) electrons. The van der Waals surface area contributed by atoms with Crippen LogP contribution < -0.4 is 0 Å². The van der Waals surface area contributed by atoms with Crippen LogP contribution in [-0.2, 0) is 12.2 Å². The summed E-state index contributed by atoms with van der Waals surface area (Å²) in [7, 11) is 0. The summed E-state index contributed by atoms with van der Waals surface area (Å²) in [5, 5.41) is 16.0. The number of H-pyrrole nitrogens is 1. The Hall–Kier alpha value is -1.51. The topological polar surface area (TPSA) is 65.4 Å². The van der Waals surface area contributed by atoms with Gasteiger partial charge in [-0.2, -0.15) is 10.4 Å². The van der Waals surface area contributed by atoms with Crippen molar-refractivity contribution >= 4 is 23.4 Å². The number of halogens is 1. The zero-order chi connectivity index (χ0) is 12.1. The van der Waals surface area contributed by atoms with Crippen LogP contribution in [0.1, 0.15) is 11.6 Å². The largest absolute Gasteiger partial charge is 0.262 e. The van der Waals surface area contributed by atoms with Gasteiger partial charge in [0.2, 0.25) is 0 Å². The zero-order valence-corrected chi connectivity index (χ0v) is 10.4. The van der Waals surface area contributed by atoms with Crippen molar-refractivity contribution in [3.63, 3.8) is 0 Å². The number of thioether (sulfide) groups is 1. The van der Waals surface area contributed by atoms with Crippen LogP contribution in [0, 0.1) is 11.3 Å². The Kier molecular flexibility index (Phi) is 4.02. The van der Waals surface area contributed by atoms with Crippen LogP contribution in [0.4, 0.5) is 0 Å². The smallest absolute Gasteiger partial charge is 0.164 e. The second kappa shape index (κ2) is 5.71. The summed E-state index contributed by atoms with van der Waals surface area (Å²) in [5.74, 6) is 1.93. The number of rotatable bonds is 4. The van der Waals surface area contributed by atoms with Crippen molar-refractivity contribution in [1.82, 2.24) is 15.2 Å². The van der Waals surface area contributed by atoms with E-state index in [2.05, 4.69) is 15.2 Å². The van der Waals surface area contributed by atoms with E-state index in [9.17, 15) is 0 Å². The molecule has 0 aliphatic carbocycles. The maximum absolute atomic E-state index is 8.51. The van der Waals surface area contributed by atoms with Crippen LogP contribution in [-0.4, -0.2) is 15.2 Å². The first kappa shape index (κ1) is 12.0. The first-order valence-electron chi connectivity index (χ1n) is 4.94. The molecule has 1 heterocycles. The number of benzene rings is 1. The maximum Gasteiger partial charge on any atom is 0.164 e. The van der Waals surface area contributed by atoms with Crippen molar-refractivity contribution in [2.24, 2.45) is 0 Å². The molecule has 0 aliphatic heterocycles. The molecule has 0 amide bonds. The van der Waals surface area contributed by atoms with E-state index in [-0.39, 0.29) is 6.42 Å². The lowest BCUT2D eigenvalue weighted by atomic mass is 10.4. The summed E-state index contributed by atoms with van der Waals surface area (Å²) in [4.78, 5) is 5.20. The molecule has 1 aromatic heterocycles. The van der Waals surface area contributed by atoms with Gasteiger partial charge in [-0.05, 0) is 12.1 Å². The highest BCUT2D eigenvalue weighted by Gasteiger charge is 2.05. The Morgan fingerprint density at radius 3 is 3.00 bits per heavy atom. The molecular weight excluding hydrogens is 256 g/mol. The molecule has 0 saturated carbocycles. The van der Waals surface area contributed by atoms with E-state index < -0.39 is 0 Å². The molecule has 2 rings (SSSR count). The average molecular weight is 265 g/mol. The lowest BCUT2D eigenvalue weighted by Crippen LogP contribution is -1.86. The molecule has 1 aromatic carbocycles. The van der Waals surface area contributed by atoms with Gasteiger partial charge in [-0.15, -0.1) is 11.8 Å². The number of nitriles is 1. The molecular formula is C11H9ClN4S. The zero-order valence-electron chi connectivity index (χ0n) is 8.85. The summed E-state index contributed by atoms with van der Waals surface area (Å²) in [6, 6.07) is 9.65.